The third-order valence-electron chi connectivity index (χ3n) is 5.36. The monoisotopic (exact) mass is 450 g/mol. The molecule has 1 aliphatic heterocycles. The predicted molar refractivity (Wildman–Crippen MR) is 123 cm³/mol. The molecule has 6 nitrogen and oxygen atoms in total. The third kappa shape index (κ3) is 5.25. The average Bonchev–Trinajstić information content (AvgIpc) is 3.10. The topological polar surface area (TPSA) is 73.4 Å². The van der Waals surface area contributed by atoms with Gasteiger partial charge in [0.05, 0.1) is 11.0 Å². The Hall–Kier alpha value is -2.28. The molecule has 0 bridgehead atoms. The molecule has 1 aromatic heterocycles. The van der Waals surface area contributed by atoms with E-state index in [4.69, 9.17) is 15.5 Å². The smallest absolute Gasteiger partial charge is 0.242 e. The second-order valence-electron chi connectivity index (χ2n) is 7.18. The van der Waals surface area contributed by atoms with Gasteiger partial charge in [-0.05, 0) is 43.5 Å². The third-order valence-corrected chi connectivity index (χ3v) is 5.36. The fraction of sp³-hybridized carbons (Fsp3) is 0.364. The SMILES string of the molecule is Cl.Cl.NCC1CCCCN1C(=O)Cn1c(COc2ccccc2)nc2ccccc21. The van der Waals surface area contributed by atoms with Crippen molar-refractivity contribution < 1.29 is 9.53 Å². The van der Waals surface area contributed by atoms with Gasteiger partial charge in [-0.15, -0.1) is 24.8 Å². The summed E-state index contributed by atoms with van der Waals surface area (Å²) >= 11 is 0. The highest BCUT2D eigenvalue weighted by Crippen LogP contribution is 2.21. The molecular weight excluding hydrogens is 423 g/mol. The van der Waals surface area contributed by atoms with E-state index in [-0.39, 0.29) is 43.3 Å². The van der Waals surface area contributed by atoms with Crippen molar-refractivity contribution in [1.29, 1.82) is 0 Å². The average molecular weight is 451 g/mol. The van der Waals surface area contributed by atoms with Gasteiger partial charge >= 0.3 is 0 Å². The van der Waals surface area contributed by atoms with E-state index < -0.39 is 0 Å². The number of carbonyl (C=O) groups excluding carboxylic acids is 1. The summed E-state index contributed by atoms with van der Waals surface area (Å²) in [6, 6.07) is 17.7. The number of benzene rings is 2. The molecule has 1 amide bonds. The first kappa shape index (κ1) is 24.0. The Morgan fingerprint density at radius 2 is 1.80 bits per heavy atom. The minimum absolute atomic E-state index is 0. The number of hydrogen-bond donors (Lipinski definition) is 1. The van der Waals surface area contributed by atoms with E-state index >= 15 is 0 Å². The van der Waals surface area contributed by atoms with Crippen molar-refractivity contribution in [2.24, 2.45) is 5.73 Å². The van der Waals surface area contributed by atoms with E-state index in [1.54, 1.807) is 0 Å². The van der Waals surface area contributed by atoms with Crippen molar-refractivity contribution in [2.75, 3.05) is 13.1 Å². The number of halogens is 2. The van der Waals surface area contributed by atoms with Crippen LogP contribution in [0.3, 0.4) is 0 Å². The van der Waals surface area contributed by atoms with Crippen LogP contribution in [0.2, 0.25) is 0 Å². The number of nitrogens with two attached hydrogens (primary N) is 1. The molecule has 0 aliphatic carbocycles. The van der Waals surface area contributed by atoms with Gasteiger partial charge in [0.1, 0.15) is 24.7 Å². The number of nitrogens with zero attached hydrogens (tertiary/aromatic N) is 3. The van der Waals surface area contributed by atoms with Gasteiger partial charge in [0.25, 0.3) is 0 Å². The lowest BCUT2D eigenvalue weighted by Crippen LogP contribution is -2.48. The molecule has 2 N–H and O–H groups in total. The maximum Gasteiger partial charge on any atom is 0.242 e. The first-order valence-electron chi connectivity index (χ1n) is 9.88. The van der Waals surface area contributed by atoms with Crippen molar-refractivity contribution in [2.45, 2.75) is 38.5 Å². The summed E-state index contributed by atoms with van der Waals surface area (Å²) in [7, 11) is 0. The molecule has 1 saturated heterocycles. The highest BCUT2D eigenvalue weighted by atomic mass is 35.5. The molecule has 162 valence electrons. The quantitative estimate of drug-likeness (QED) is 0.619. The van der Waals surface area contributed by atoms with E-state index in [2.05, 4.69) is 0 Å². The molecule has 4 rings (SSSR count). The second kappa shape index (κ2) is 11.2. The van der Waals surface area contributed by atoms with Gasteiger partial charge in [0.2, 0.25) is 5.91 Å². The van der Waals surface area contributed by atoms with E-state index in [0.717, 1.165) is 48.4 Å². The number of para-hydroxylation sites is 3. The highest BCUT2D eigenvalue weighted by molar-refractivity contribution is 5.85. The Morgan fingerprint density at radius 3 is 2.57 bits per heavy atom. The van der Waals surface area contributed by atoms with Crippen LogP contribution in [-0.4, -0.2) is 39.5 Å². The van der Waals surface area contributed by atoms with Gasteiger partial charge < -0.3 is 19.9 Å². The molecule has 0 spiro atoms. The minimum Gasteiger partial charge on any atom is -0.486 e. The molecular formula is C22H28Cl2N4O2. The first-order chi connectivity index (χ1) is 13.8. The van der Waals surface area contributed by atoms with Crippen LogP contribution >= 0.6 is 24.8 Å². The fourth-order valence-electron chi connectivity index (χ4n) is 3.88. The summed E-state index contributed by atoms with van der Waals surface area (Å²) in [6.07, 6.45) is 3.16. The summed E-state index contributed by atoms with van der Waals surface area (Å²) < 4.78 is 7.88. The number of hydrogen-bond acceptors (Lipinski definition) is 4. The van der Waals surface area contributed by atoms with Crippen molar-refractivity contribution in [3.8, 4) is 5.75 Å². The van der Waals surface area contributed by atoms with Crippen LogP contribution in [0.1, 0.15) is 25.1 Å². The van der Waals surface area contributed by atoms with Crippen LogP contribution in [0.25, 0.3) is 11.0 Å². The lowest BCUT2D eigenvalue weighted by atomic mass is 10.0. The molecule has 2 aromatic carbocycles. The Bertz CT molecular complexity index is 949. The summed E-state index contributed by atoms with van der Waals surface area (Å²) in [6.45, 7) is 1.86. The predicted octanol–water partition coefficient (Wildman–Crippen LogP) is 3.80. The van der Waals surface area contributed by atoms with E-state index in [0.29, 0.717) is 13.2 Å². The first-order valence-corrected chi connectivity index (χ1v) is 9.88. The molecule has 8 heteroatoms. The Kier molecular flexibility index (Phi) is 8.96. The van der Waals surface area contributed by atoms with E-state index in [1.807, 2.05) is 64.1 Å². The summed E-state index contributed by atoms with van der Waals surface area (Å²) in [4.78, 5) is 19.7. The van der Waals surface area contributed by atoms with Gasteiger partial charge in [-0.25, -0.2) is 4.98 Å². The molecule has 1 fully saturated rings. The van der Waals surface area contributed by atoms with Gasteiger partial charge in [-0.2, -0.15) is 0 Å². The van der Waals surface area contributed by atoms with Crippen LogP contribution < -0.4 is 10.5 Å². The van der Waals surface area contributed by atoms with Crippen molar-refractivity contribution >= 4 is 41.8 Å². The molecule has 1 atom stereocenters. The maximum atomic E-state index is 13.1. The standard InChI is InChI=1S/C22H26N4O2.2ClH/c23-14-17-8-6-7-13-25(17)22(27)15-26-20-12-5-4-11-19(20)24-21(26)16-28-18-9-2-1-3-10-18;;/h1-5,9-12,17H,6-8,13-16,23H2;2*1H. The van der Waals surface area contributed by atoms with Gasteiger partial charge in [0.15, 0.2) is 0 Å². The number of rotatable bonds is 6. The maximum absolute atomic E-state index is 13.1. The van der Waals surface area contributed by atoms with Crippen LogP contribution in [0, 0.1) is 0 Å². The number of likely N-dealkylation sites (tertiary alicyclic amines) is 1. The van der Waals surface area contributed by atoms with E-state index in [1.165, 1.54) is 0 Å². The van der Waals surface area contributed by atoms with Crippen molar-refractivity contribution in [3.63, 3.8) is 0 Å². The largest absolute Gasteiger partial charge is 0.486 e. The Balaban J connectivity index is 0.00000160. The van der Waals surface area contributed by atoms with Gasteiger partial charge in [-0.1, -0.05) is 30.3 Å². The van der Waals surface area contributed by atoms with Crippen LogP contribution in [0.4, 0.5) is 0 Å². The van der Waals surface area contributed by atoms with Crippen LogP contribution in [0.15, 0.2) is 54.6 Å². The lowest BCUT2D eigenvalue weighted by molar-refractivity contribution is -0.135. The fourth-order valence-corrected chi connectivity index (χ4v) is 3.88. The van der Waals surface area contributed by atoms with Crippen molar-refractivity contribution in [3.05, 3.63) is 60.4 Å². The number of piperidine rings is 1. The number of carbonyl (C=O) groups is 1. The molecule has 1 unspecified atom stereocenters. The normalized spacial score (nSPS) is 15.9. The lowest BCUT2D eigenvalue weighted by Gasteiger charge is -2.35. The summed E-state index contributed by atoms with van der Waals surface area (Å²) in [5.74, 6) is 1.63. The van der Waals surface area contributed by atoms with E-state index in [9.17, 15) is 4.79 Å². The van der Waals surface area contributed by atoms with Crippen LogP contribution in [-0.2, 0) is 17.9 Å². The number of ether oxygens (including phenoxy) is 1. The number of amides is 1. The highest BCUT2D eigenvalue weighted by Gasteiger charge is 2.26. The zero-order valence-corrected chi connectivity index (χ0v) is 18.4. The molecule has 30 heavy (non-hydrogen) atoms. The number of imidazole rings is 1. The van der Waals surface area contributed by atoms with Crippen LogP contribution in [0.5, 0.6) is 5.75 Å². The minimum atomic E-state index is 0. The molecule has 3 aromatic rings. The van der Waals surface area contributed by atoms with Crippen molar-refractivity contribution in [1.82, 2.24) is 14.5 Å². The zero-order chi connectivity index (χ0) is 19.3. The summed E-state index contributed by atoms with van der Waals surface area (Å²) in [5, 5.41) is 0. The summed E-state index contributed by atoms with van der Waals surface area (Å²) in [5.41, 5.74) is 7.72. The van der Waals surface area contributed by atoms with Gasteiger partial charge in [0, 0.05) is 19.1 Å². The zero-order valence-electron chi connectivity index (χ0n) is 16.8. The molecule has 0 radical (unpaired) electrons. The molecule has 1 aliphatic rings. The van der Waals surface area contributed by atoms with Gasteiger partial charge in [-0.3, -0.25) is 4.79 Å². The second-order valence-corrected chi connectivity index (χ2v) is 7.18. The number of aromatic nitrogens is 2. The number of fused-ring (bicyclic) bond motifs is 1. The molecule has 0 saturated carbocycles. The Labute approximate surface area is 189 Å². The Morgan fingerprint density at radius 1 is 1.07 bits per heavy atom. The molecule has 2 heterocycles.